The van der Waals surface area contributed by atoms with Crippen LogP contribution in [-0.2, 0) is 13.0 Å². The minimum atomic E-state index is -1.05. The molecule has 0 saturated heterocycles. The molecule has 2 heterocycles. The topological polar surface area (TPSA) is 99.7 Å². The number of fused-ring (bicyclic) bond motifs is 1. The van der Waals surface area contributed by atoms with Crippen LogP contribution in [0.25, 0.3) is 0 Å². The minimum absolute atomic E-state index is 0.0920. The van der Waals surface area contributed by atoms with Gasteiger partial charge >= 0.3 is 5.97 Å². The summed E-state index contributed by atoms with van der Waals surface area (Å²) in [5.41, 5.74) is 1.51. The molecule has 120 valence electrons. The summed E-state index contributed by atoms with van der Waals surface area (Å²) in [5, 5.41) is 22.3. The Morgan fingerprint density at radius 3 is 3.09 bits per heavy atom. The number of nitrogens with zero attached hydrogens (tertiary/aromatic N) is 3. The molecule has 3 rings (SSSR count). The number of aryl methyl sites for hydroxylation is 2. The Bertz CT molecular complexity index is 772. The molecule has 1 aromatic heterocycles. The van der Waals surface area contributed by atoms with E-state index in [0.717, 1.165) is 5.56 Å². The van der Waals surface area contributed by atoms with Crippen LogP contribution >= 0.6 is 11.6 Å². The third-order valence-electron chi connectivity index (χ3n) is 3.66. The highest BCUT2D eigenvalue weighted by Crippen LogP contribution is 2.24. The summed E-state index contributed by atoms with van der Waals surface area (Å²) in [6.45, 7) is 0.854. The number of nitrogens with one attached hydrogen (secondary N) is 1. The van der Waals surface area contributed by atoms with Crippen LogP contribution in [0.3, 0.4) is 0 Å². The molecule has 3 N–H and O–H groups in total. The number of anilines is 1. The molecule has 1 aliphatic heterocycles. The summed E-state index contributed by atoms with van der Waals surface area (Å²) in [6, 6.07) is 4.96. The fourth-order valence-electron chi connectivity index (χ4n) is 2.46. The number of aliphatic imine (C=N–C) groups is 1. The van der Waals surface area contributed by atoms with Crippen molar-refractivity contribution in [2.45, 2.75) is 19.1 Å². The molecule has 0 bridgehead atoms. The van der Waals surface area contributed by atoms with E-state index in [1.54, 1.807) is 24.5 Å². The van der Waals surface area contributed by atoms with Crippen molar-refractivity contribution < 1.29 is 15.0 Å². The average molecular weight is 335 g/mol. The molecule has 1 aromatic carbocycles. The van der Waals surface area contributed by atoms with Gasteiger partial charge in [-0.2, -0.15) is 0 Å². The first-order valence-corrected chi connectivity index (χ1v) is 7.43. The maximum atomic E-state index is 11.1. The van der Waals surface area contributed by atoms with Gasteiger partial charge in [-0.3, -0.25) is 4.99 Å². The molecule has 1 aliphatic rings. The normalized spacial score (nSPS) is 16.5. The molecular weight excluding hydrogens is 320 g/mol. The lowest BCUT2D eigenvalue weighted by Crippen LogP contribution is -2.08. The molecule has 0 saturated carbocycles. The third-order valence-corrected chi connectivity index (χ3v) is 3.98. The largest absolute Gasteiger partial charge is 0.478 e. The van der Waals surface area contributed by atoms with E-state index in [1.807, 2.05) is 4.57 Å². The van der Waals surface area contributed by atoms with Gasteiger partial charge in [0.25, 0.3) is 0 Å². The van der Waals surface area contributed by atoms with Gasteiger partial charge in [0.1, 0.15) is 17.6 Å². The van der Waals surface area contributed by atoms with Crippen LogP contribution in [0.4, 0.5) is 5.82 Å². The molecule has 0 radical (unpaired) electrons. The number of carbonyl (C=O) groups is 1. The highest BCUT2D eigenvalue weighted by atomic mass is 35.5. The van der Waals surface area contributed by atoms with Crippen molar-refractivity contribution in [3.63, 3.8) is 0 Å². The van der Waals surface area contributed by atoms with Gasteiger partial charge in [0.2, 0.25) is 0 Å². The molecule has 1 unspecified atom stereocenters. The standard InChI is InChI=1S/C15H15ClN4O3/c16-11-2-1-9(5-10(11)15(22)23)3-4-20-8-19-13-12(21)6-17-7-18-14(13)20/h1-2,5,7-8,12,21H,3-4,6H2,(H,17,18)(H,22,23). The van der Waals surface area contributed by atoms with Gasteiger partial charge in [-0.1, -0.05) is 17.7 Å². The Morgan fingerprint density at radius 1 is 1.48 bits per heavy atom. The molecule has 0 fully saturated rings. The lowest BCUT2D eigenvalue weighted by molar-refractivity contribution is 0.0697. The van der Waals surface area contributed by atoms with Crippen LogP contribution in [0.1, 0.15) is 27.7 Å². The summed E-state index contributed by atoms with van der Waals surface area (Å²) in [5.74, 6) is -0.347. The Hall–Kier alpha value is -2.38. The predicted octanol–water partition coefficient (Wildman–Crippen LogP) is 1.96. The van der Waals surface area contributed by atoms with Crippen LogP contribution < -0.4 is 5.32 Å². The number of halogens is 1. The number of aliphatic hydroxyl groups excluding tert-OH is 1. The molecule has 23 heavy (non-hydrogen) atoms. The van der Waals surface area contributed by atoms with Crippen LogP contribution in [0.2, 0.25) is 5.02 Å². The van der Waals surface area contributed by atoms with Gasteiger partial charge in [-0.15, -0.1) is 0 Å². The number of aromatic carboxylic acids is 1. The number of aromatic nitrogens is 2. The van der Waals surface area contributed by atoms with Gasteiger partial charge in [-0.05, 0) is 24.1 Å². The van der Waals surface area contributed by atoms with Crippen LogP contribution in [0.5, 0.6) is 0 Å². The van der Waals surface area contributed by atoms with E-state index >= 15 is 0 Å². The Labute approximate surface area is 137 Å². The van der Waals surface area contributed by atoms with E-state index in [0.29, 0.717) is 24.5 Å². The van der Waals surface area contributed by atoms with Crippen molar-refractivity contribution in [1.82, 2.24) is 9.55 Å². The summed E-state index contributed by atoms with van der Waals surface area (Å²) in [4.78, 5) is 19.4. The third kappa shape index (κ3) is 3.20. The van der Waals surface area contributed by atoms with E-state index in [4.69, 9.17) is 16.7 Å². The smallest absolute Gasteiger partial charge is 0.337 e. The van der Waals surface area contributed by atoms with E-state index in [1.165, 1.54) is 6.34 Å². The van der Waals surface area contributed by atoms with E-state index in [2.05, 4.69) is 15.3 Å². The number of carboxylic acids is 1. The summed E-state index contributed by atoms with van der Waals surface area (Å²) >= 11 is 5.87. The number of aliphatic hydroxyl groups is 1. The van der Waals surface area contributed by atoms with Crippen molar-refractivity contribution >= 4 is 29.7 Å². The second-order valence-electron chi connectivity index (χ2n) is 5.20. The van der Waals surface area contributed by atoms with Crippen LogP contribution in [-0.4, -0.2) is 38.6 Å². The fourth-order valence-corrected chi connectivity index (χ4v) is 2.65. The van der Waals surface area contributed by atoms with Gasteiger partial charge < -0.3 is 20.1 Å². The van der Waals surface area contributed by atoms with Gasteiger partial charge in [-0.25, -0.2) is 9.78 Å². The second-order valence-corrected chi connectivity index (χ2v) is 5.60. The number of carboxylic acid groups (broad SMARTS) is 1. The fraction of sp³-hybridized carbons (Fsp3) is 0.267. The monoisotopic (exact) mass is 334 g/mol. The van der Waals surface area contributed by atoms with Crippen LogP contribution in [0.15, 0.2) is 29.5 Å². The van der Waals surface area contributed by atoms with Crippen molar-refractivity contribution in [3.8, 4) is 0 Å². The van der Waals surface area contributed by atoms with Gasteiger partial charge in [0.15, 0.2) is 0 Å². The Kier molecular flexibility index (Phi) is 4.31. The SMILES string of the molecule is O=C(O)c1cc(CCn2cnc3c2NC=NCC3O)ccc1Cl. The lowest BCUT2D eigenvalue weighted by atomic mass is 10.1. The number of benzene rings is 1. The maximum absolute atomic E-state index is 11.1. The molecule has 0 amide bonds. The van der Waals surface area contributed by atoms with E-state index in [9.17, 15) is 9.90 Å². The summed E-state index contributed by atoms with van der Waals surface area (Å²) < 4.78 is 1.87. The molecule has 0 aliphatic carbocycles. The first-order chi connectivity index (χ1) is 11.1. The van der Waals surface area contributed by atoms with Crippen molar-refractivity contribution in [3.05, 3.63) is 46.4 Å². The van der Waals surface area contributed by atoms with E-state index in [-0.39, 0.29) is 17.1 Å². The molecule has 1 atom stereocenters. The number of hydrogen-bond acceptors (Lipinski definition) is 5. The van der Waals surface area contributed by atoms with Gasteiger partial charge in [0.05, 0.1) is 29.8 Å². The molecule has 2 aromatic rings. The molecule has 0 spiro atoms. The Morgan fingerprint density at radius 2 is 2.30 bits per heavy atom. The summed E-state index contributed by atoms with van der Waals surface area (Å²) in [7, 11) is 0. The predicted molar refractivity (Wildman–Crippen MR) is 86.3 cm³/mol. The second kappa shape index (κ2) is 6.39. The van der Waals surface area contributed by atoms with Crippen molar-refractivity contribution in [2.75, 3.05) is 11.9 Å². The lowest BCUT2D eigenvalue weighted by Gasteiger charge is -2.10. The first-order valence-electron chi connectivity index (χ1n) is 7.06. The minimum Gasteiger partial charge on any atom is -0.478 e. The van der Waals surface area contributed by atoms with Crippen molar-refractivity contribution in [2.24, 2.45) is 4.99 Å². The van der Waals surface area contributed by atoms with Crippen molar-refractivity contribution in [1.29, 1.82) is 0 Å². The Balaban J connectivity index is 1.78. The zero-order valence-corrected chi connectivity index (χ0v) is 12.9. The highest BCUT2D eigenvalue weighted by Gasteiger charge is 2.19. The summed E-state index contributed by atoms with van der Waals surface area (Å²) in [6.07, 6.45) is 3.06. The number of imidazole rings is 1. The molecular formula is C15H15ClN4O3. The zero-order valence-electron chi connectivity index (χ0n) is 12.1. The first kappa shape index (κ1) is 15.5. The molecule has 8 heteroatoms. The van der Waals surface area contributed by atoms with Crippen LogP contribution in [0, 0.1) is 0 Å². The number of rotatable bonds is 4. The zero-order chi connectivity index (χ0) is 16.4. The molecule has 7 nitrogen and oxygen atoms in total. The maximum Gasteiger partial charge on any atom is 0.337 e. The highest BCUT2D eigenvalue weighted by molar-refractivity contribution is 6.33. The van der Waals surface area contributed by atoms with Gasteiger partial charge in [0, 0.05) is 6.54 Å². The average Bonchev–Trinajstić information content (AvgIpc) is 2.84. The number of hydrogen-bond donors (Lipinski definition) is 3. The quantitative estimate of drug-likeness (QED) is 0.793. The van der Waals surface area contributed by atoms with E-state index < -0.39 is 12.1 Å².